The third kappa shape index (κ3) is 3.97. The summed E-state index contributed by atoms with van der Waals surface area (Å²) in [5, 5.41) is 5.06. The van der Waals surface area contributed by atoms with Crippen molar-refractivity contribution in [3.8, 4) is 0 Å². The second kappa shape index (κ2) is 7.81. The molecule has 0 aliphatic carbocycles. The highest BCUT2D eigenvalue weighted by Gasteiger charge is 2.06. The predicted octanol–water partition coefficient (Wildman–Crippen LogP) is 4.70. The van der Waals surface area contributed by atoms with Gasteiger partial charge in [-0.3, -0.25) is 9.78 Å². The minimum atomic E-state index is 0.0464. The number of unbranched alkanes of at least 4 members (excludes halogenated alkanes) is 1. The SMILES string of the molecule is O=c1ccccn1CCCCNc1ccnc2c(Cl)cc(Br)cc12. The van der Waals surface area contributed by atoms with Crippen LogP contribution in [0.2, 0.25) is 5.02 Å². The molecule has 0 saturated heterocycles. The molecule has 0 spiro atoms. The van der Waals surface area contributed by atoms with Crippen LogP contribution in [0.5, 0.6) is 0 Å². The van der Waals surface area contributed by atoms with E-state index in [2.05, 4.69) is 26.2 Å². The number of nitrogens with one attached hydrogen (secondary N) is 1. The topological polar surface area (TPSA) is 46.9 Å². The number of hydrogen-bond donors (Lipinski definition) is 1. The van der Waals surface area contributed by atoms with Gasteiger partial charge in [0.2, 0.25) is 5.56 Å². The molecular formula is C18H17BrClN3O. The van der Waals surface area contributed by atoms with Crippen molar-refractivity contribution in [1.82, 2.24) is 9.55 Å². The molecule has 0 atom stereocenters. The zero-order valence-corrected chi connectivity index (χ0v) is 15.3. The summed E-state index contributed by atoms with van der Waals surface area (Å²) in [5.74, 6) is 0. The van der Waals surface area contributed by atoms with E-state index in [1.165, 1.54) is 0 Å². The lowest BCUT2D eigenvalue weighted by Gasteiger charge is -2.11. The maximum absolute atomic E-state index is 11.6. The number of rotatable bonds is 6. The molecule has 0 amide bonds. The average molecular weight is 407 g/mol. The van der Waals surface area contributed by atoms with E-state index in [0.717, 1.165) is 47.0 Å². The predicted molar refractivity (Wildman–Crippen MR) is 103 cm³/mol. The number of benzene rings is 1. The lowest BCUT2D eigenvalue weighted by molar-refractivity contribution is 0.604. The van der Waals surface area contributed by atoms with Crippen molar-refractivity contribution in [2.75, 3.05) is 11.9 Å². The zero-order chi connectivity index (χ0) is 16.9. The van der Waals surface area contributed by atoms with Gasteiger partial charge in [0.05, 0.1) is 10.5 Å². The molecule has 3 aromatic rings. The average Bonchev–Trinajstić information content (AvgIpc) is 2.56. The second-order valence-corrected chi connectivity index (χ2v) is 6.83. The van der Waals surface area contributed by atoms with Crippen molar-refractivity contribution in [2.24, 2.45) is 0 Å². The molecule has 0 aliphatic rings. The van der Waals surface area contributed by atoms with Gasteiger partial charge in [0.15, 0.2) is 0 Å². The van der Waals surface area contributed by atoms with Gasteiger partial charge >= 0.3 is 0 Å². The van der Waals surface area contributed by atoms with E-state index in [1.807, 2.05) is 30.5 Å². The number of pyridine rings is 2. The van der Waals surface area contributed by atoms with Gasteiger partial charge < -0.3 is 9.88 Å². The number of halogens is 2. The number of fused-ring (bicyclic) bond motifs is 1. The summed E-state index contributed by atoms with van der Waals surface area (Å²) in [5.41, 5.74) is 1.85. The first kappa shape index (κ1) is 17.0. The summed E-state index contributed by atoms with van der Waals surface area (Å²) in [6, 6.07) is 11.0. The minimum absolute atomic E-state index is 0.0464. The molecule has 1 aromatic carbocycles. The first-order valence-corrected chi connectivity index (χ1v) is 8.95. The normalized spacial score (nSPS) is 10.9. The Bertz CT molecular complexity index is 910. The van der Waals surface area contributed by atoms with Crippen LogP contribution in [0.15, 0.2) is 58.1 Å². The summed E-state index contributed by atoms with van der Waals surface area (Å²) in [6.45, 7) is 1.56. The Morgan fingerprint density at radius 1 is 1.21 bits per heavy atom. The van der Waals surface area contributed by atoms with Gasteiger partial charge in [-0.25, -0.2) is 0 Å². The molecule has 0 fully saturated rings. The van der Waals surface area contributed by atoms with Crippen LogP contribution in [-0.2, 0) is 6.54 Å². The van der Waals surface area contributed by atoms with Crippen LogP contribution in [0.1, 0.15) is 12.8 Å². The molecular weight excluding hydrogens is 390 g/mol. The molecule has 24 heavy (non-hydrogen) atoms. The summed E-state index contributed by atoms with van der Waals surface area (Å²) in [7, 11) is 0. The van der Waals surface area contributed by atoms with Crippen molar-refractivity contribution in [1.29, 1.82) is 0 Å². The standard InChI is InChI=1S/C18H17BrClN3O/c19-13-11-14-16(6-8-22-18(14)15(20)12-13)21-7-2-4-10-23-9-3-1-5-17(23)24/h1,3,5-6,8-9,11-12H,2,4,7,10H2,(H,21,22). The quantitative estimate of drug-likeness (QED) is 0.603. The van der Waals surface area contributed by atoms with E-state index in [-0.39, 0.29) is 5.56 Å². The Balaban J connectivity index is 1.60. The highest BCUT2D eigenvalue weighted by Crippen LogP contribution is 2.31. The fourth-order valence-electron chi connectivity index (χ4n) is 2.61. The molecule has 0 bridgehead atoms. The molecule has 0 aliphatic heterocycles. The van der Waals surface area contributed by atoms with E-state index in [0.29, 0.717) is 5.02 Å². The van der Waals surface area contributed by atoms with E-state index >= 15 is 0 Å². The molecule has 4 nitrogen and oxygen atoms in total. The first-order chi connectivity index (χ1) is 11.6. The summed E-state index contributed by atoms with van der Waals surface area (Å²) >= 11 is 9.72. The Morgan fingerprint density at radius 3 is 2.92 bits per heavy atom. The maximum Gasteiger partial charge on any atom is 0.250 e. The molecule has 2 heterocycles. The van der Waals surface area contributed by atoms with E-state index in [1.54, 1.807) is 22.9 Å². The monoisotopic (exact) mass is 405 g/mol. The molecule has 124 valence electrons. The number of hydrogen-bond acceptors (Lipinski definition) is 3. The van der Waals surface area contributed by atoms with Crippen molar-refractivity contribution in [3.05, 3.63) is 68.6 Å². The van der Waals surface area contributed by atoms with Gasteiger partial charge in [0.25, 0.3) is 0 Å². The van der Waals surface area contributed by atoms with Crippen LogP contribution in [0.4, 0.5) is 5.69 Å². The van der Waals surface area contributed by atoms with Gasteiger partial charge in [-0.1, -0.05) is 33.6 Å². The minimum Gasteiger partial charge on any atom is -0.384 e. The smallest absolute Gasteiger partial charge is 0.250 e. The number of aryl methyl sites for hydroxylation is 1. The zero-order valence-electron chi connectivity index (χ0n) is 13.0. The molecule has 2 aromatic heterocycles. The van der Waals surface area contributed by atoms with Crippen LogP contribution in [0, 0.1) is 0 Å². The third-order valence-electron chi connectivity index (χ3n) is 3.80. The Morgan fingerprint density at radius 2 is 2.08 bits per heavy atom. The molecule has 0 saturated carbocycles. The van der Waals surface area contributed by atoms with Crippen molar-refractivity contribution in [2.45, 2.75) is 19.4 Å². The second-order valence-electron chi connectivity index (χ2n) is 5.51. The Kier molecular flexibility index (Phi) is 5.53. The molecule has 6 heteroatoms. The number of nitrogens with zero attached hydrogens (tertiary/aromatic N) is 2. The fourth-order valence-corrected chi connectivity index (χ4v) is 3.47. The van der Waals surface area contributed by atoms with Gasteiger partial charge in [-0.15, -0.1) is 0 Å². The lowest BCUT2D eigenvalue weighted by Crippen LogP contribution is -2.18. The van der Waals surface area contributed by atoms with E-state index in [4.69, 9.17) is 11.6 Å². The van der Waals surface area contributed by atoms with Gasteiger partial charge in [0.1, 0.15) is 0 Å². The third-order valence-corrected chi connectivity index (χ3v) is 4.55. The fraction of sp³-hybridized carbons (Fsp3) is 0.222. The summed E-state index contributed by atoms with van der Waals surface area (Å²) in [6.07, 6.45) is 5.48. The van der Waals surface area contributed by atoms with Gasteiger partial charge in [0, 0.05) is 47.1 Å². The van der Waals surface area contributed by atoms with Gasteiger partial charge in [-0.2, -0.15) is 0 Å². The Labute approximate surface area is 153 Å². The maximum atomic E-state index is 11.6. The largest absolute Gasteiger partial charge is 0.384 e. The van der Waals surface area contributed by atoms with Crippen molar-refractivity contribution < 1.29 is 0 Å². The van der Waals surface area contributed by atoms with Crippen LogP contribution in [-0.4, -0.2) is 16.1 Å². The number of anilines is 1. The van der Waals surface area contributed by atoms with Crippen LogP contribution >= 0.6 is 27.5 Å². The van der Waals surface area contributed by atoms with Crippen molar-refractivity contribution in [3.63, 3.8) is 0 Å². The highest BCUT2D eigenvalue weighted by molar-refractivity contribution is 9.10. The van der Waals surface area contributed by atoms with Crippen molar-refractivity contribution >= 4 is 44.1 Å². The van der Waals surface area contributed by atoms with E-state index < -0.39 is 0 Å². The first-order valence-electron chi connectivity index (χ1n) is 7.78. The Hall–Kier alpha value is -1.85. The van der Waals surface area contributed by atoms with E-state index in [9.17, 15) is 4.79 Å². The van der Waals surface area contributed by atoms with Crippen LogP contribution in [0.3, 0.4) is 0 Å². The summed E-state index contributed by atoms with van der Waals surface area (Å²) < 4.78 is 2.66. The lowest BCUT2D eigenvalue weighted by atomic mass is 10.2. The molecule has 0 radical (unpaired) electrons. The summed E-state index contributed by atoms with van der Waals surface area (Å²) in [4.78, 5) is 16.0. The highest BCUT2D eigenvalue weighted by atomic mass is 79.9. The van der Waals surface area contributed by atoms with Gasteiger partial charge in [-0.05, 0) is 37.1 Å². The van der Waals surface area contributed by atoms with Crippen LogP contribution in [0.25, 0.3) is 10.9 Å². The molecule has 3 rings (SSSR count). The molecule has 1 N–H and O–H groups in total. The molecule has 0 unspecified atom stereocenters. The van der Waals surface area contributed by atoms with Crippen LogP contribution < -0.4 is 10.9 Å². The number of aromatic nitrogens is 2.